The molecule has 0 saturated carbocycles. The number of anilines is 2. The van der Waals surface area contributed by atoms with Gasteiger partial charge in [0.05, 0.1) is 5.41 Å². The molecule has 2 atom stereocenters. The third kappa shape index (κ3) is 2.17. The number of carbonyl (C=O) groups is 2. The van der Waals surface area contributed by atoms with E-state index in [1.165, 1.54) is 12.3 Å². The molecule has 1 fully saturated rings. The summed E-state index contributed by atoms with van der Waals surface area (Å²) in [5, 5.41) is 8.71. The van der Waals surface area contributed by atoms with Gasteiger partial charge in [0.25, 0.3) is 0 Å². The minimum absolute atomic E-state index is 0.147. The number of pyridine rings is 1. The number of hydrogen-bond donors (Lipinski definition) is 4. The third-order valence-corrected chi connectivity index (χ3v) is 4.67. The van der Waals surface area contributed by atoms with E-state index in [1.54, 1.807) is 6.07 Å². The van der Waals surface area contributed by atoms with E-state index in [9.17, 15) is 14.4 Å². The summed E-state index contributed by atoms with van der Waals surface area (Å²) in [5.74, 6) is -0.471. The number of para-hydroxylation sites is 1. The first-order valence-electron chi connectivity index (χ1n) is 7.72. The number of nitrogens with one attached hydrogen (secondary N) is 4. The second-order valence-electron chi connectivity index (χ2n) is 6.14. The molecular formula is C17H16N4O3. The van der Waals surface area contributed by atoms with Gasteiger partial charge in [0.2, 0.25) is 17.4 Å². The van der Waals surface area contributed by atoms with Gasteiger partial charge in [-0.1, -0.05) is 18.2 Å². The Morgan fingerprint density at radius 1 is 1.21 bits per heavy atom. The number of aromatic nitrogens is 1. The Balaban J connectivity index is 1.57. The summed E-state index contributed by atoms with van der Waals surface area (Å²) in [4.78, 5) is 38.9. The van der Waals surface area contributed by atoms with Crippen LogP contribution < -0.4 is 21.5 Å². The predicted molar refractivity (Wildman–Crippen MR) is 88.8 cm³/mol. The maximum absolute atomic E-state index is 12.6. The molecule has 1 saturated heterocycles. The van der Waals surface area contributed by atoms with Crippen LogP contribution in [0.2, 0.25) is 0 Å². The average Bonchev–Trinajstić information content (AvgIpc) is 3.11. The predicted octanol–water partition coefficient (Wildman–Crippen LogP) is 0.565. The van der Waals surface area contributed by atoms with Gasteiger partial charge in [-0.3, -0.25) is 14.4 Å². The number of rotatable bonds is 2. The lowest BCUT2D eigenvalue weighted by atomic mass is 9.79. The van der Waals surface area contributed by atoms with E-state index in [4.69, 9.17) is 0 Å². The molecule has 1 spiro atoms. The van der Waals surface area contributed by atoms with Crippen LogP contribution in [0.4, 0.5) is 11.4 Å². The molecule has 1 aromatic heterocycles. The zero-order valence-electron chi connectivity index (χ0n) is 12.8. The lowest BCUT2D eigenvalue weighted by Crippen LogP contribution is -2.39. The van der Waals surface area contributed by atoms with Crippen molar-refractivity contribution in [1.29, 1.82) is 0 Å². The van der Waals surface area contributed by atoms with E-state index in [-0.39, 0.29) is 17.4 Å². The molecule has 2 amide bonds. The van der Waals surface area contributed by atoms with Gasteiger partial charge in [-0.05, 0) is 24.1 Å². The quantitative estimate of drug-likeness (QED) is 0.648. The number of amides is 2. The Labute approximate surface area is 137 Å². The van der Waals surface area contributed by atoms with Gasteiger partial charge >= 0.3 is 0 Å². The second kappa shape index (κ2) is 5.23. The van der Waals surface area contributed by atoms with Gasteiger partial charge in [-0.2, -0.15) is 0 Å². The van der Waals surface area contributed by atoms with Crippen molar-refractivity contribution in [3.05, 3.63) is 58.5 Å². The fourth-order valence-electron chi connectivity index (χ4n) is 3.48. The van der Waals surface area contributed by atoms with Crippen LogP contribution in [0.15, 0.2) is 47.4 Å². The molecule has 2 aliphatic rings. The van der Waals surface area contributed by atoms with Gasteiger partial charge in [-0.25, -0.2) is 0 Å². The van der Waals surface area contributed by atoms with E-state index in [0.717, 1.165) is 11.3 Å². The Morgan fingerprint density at radius 2 is 2.04 bits per heavy atom. The molecule has 4 N–H and O–H groups in total. The number of carbonyl (C=O) groups excluding carboxylic acids is 2. The zero-order valence-corrected chi connectivity index (χ0v) is 12.8. The molecule has 24 heavy (non-hydrogen) atoms. The van der Waals surface area contributed by atoms with Gasteiger partial charge in [-0.15, -0.1) is 0 Å². The Bertz CT molecular complexity index is 891. The molecule has 4 rings (SSSR count). The van der Waals surface area contributed by atoms with E-state index in [0.29, 0.717) is 18.7 Å². The molecule has 3 heterocycles. The summed E-state index contributed by atoms with van der Waals surface area (Å²) >= 11 is 0. The molecule has 7 nitrogen and oxygen atoms in total. The van der Waals surface area contributed by atoms with Gasteiger partial charge in [0.15, 0.2) is 0 Å². The lowest BCUT2D eigenvalue weighted by Gasteiger charge is -2.19. The Kier molecular flexibility index (Phi) is 3.16. The molecule has 2 aliphatic heterocycles. The highest BCUT2D eigenvalue weighted by atomic mass is 16.2. The van der Waals surface area contributed by atoms with Crippen LogP contribution in [0.5, 0.6) is 0 Å². The van der Waals surface area contributed by atoms with Crippen molar-refractivity contribution in [2.75, 3.05) is 17.2 Å². The standard InChI is InChI=1S/C17H16N4O3/c22-14-7-10(5-6-18-14)20-15(23)13-8-17(16(24)21-13)9-19-12-4-2-1-3-11(12)17/h1-7,13,19H,8-9H2,(H,21,24)(H2,18,20,22,23). The number of benzene rings is 1. The van der Waals surface area contributed by atoms with E-state index < -0.39 is 11.5 Å². The molecule has 1 aromatic carbocycles. The summed E-state index contributed by atoms with van der Waals surface area (Å²) in [6.45, 7) is 0.479. The number of aromatic amines is 1. The second-order valence-corrected chi connectivity index (χ2v) is 6.14. The van der Waals surface area contributed by atoms with Crippen LogP contribution in [-0.2, 0) is 15.0 Å². The largest absolute Gasteiger partial charge is 0.383 e. The summed E-state index contributed by atoms with van der Waals surface area (Å²) in [7, 11) is 0. The topological polar surface area (TPSA) is 103 Å². The molecule has 0 bridgehead atoms. The van der Waals surface area contributed by atoms with Crippen molar-refractivity contribution in [2.24, 2.45) is 0 Å². The van der Waals surface area contributed by atoms with Crippen molar-refractivity contribution in [3.63, 3.8) is 0 Å². The highest BCUT2D eigenvalue weighted by Gasteiger charge is 2.53. The van der Waals surface area contributed by atoms with Crippen molar-refractivity contribution in [3.8, 4) is 0 Å². The minimum atomic E-state index is -0.716. The third-order valence-electron chi connectivity index (χ3n) is 4.67. The summed E-state index contributed by atoms with van der Waals surface area (Å²) in [6.07, 6.45) is 1.84. The molecule has 7 heteroatoms. The zero-order chi connectivity index (χ0) is 16.7. The van der Waals surface area contributed by atoms with Crippen LogP contribution >= 0.6 is 0 Å². The van der Waals surface area contributed by atoms with E-state index >= 15 is 0 Å². The van der Waals surface area contributed by atoms with Crippen LogP contribution in [0.1, 0.15) is 12.0 Å². The van der Waals surface area contributed by atoms with Crippen LogP contribution in [0.3, 0.4) is 0 Å². The fraction of sp³-hybridized carbons (Fsp3) is 0.235. The normalized spacial score (nSPS) is 24.3. The van der Waals surface area contributed by atoms with Crippen LogP contribution in [0.25, 0.3) is 0 Å². The van der Waals surface area contributed by atoms with Crippen molar-refractivity contribution >= 4 is 23.2 Å². The van der Waals surface area contributed by atoms with E-state index in [2.05, 4.69) is 20.9 Å². The number of H-pyrrole nitrogens is 1. The number of fused-ring (bicyclic) bond motifs is 2. The summed E-state index contributed by atoms with van der Waals surface area (Å²) in [6, 6.07) is 9.92. The molecule has 0 radical (unpaired) electrons. The first-order chi connectivity index (χ1) is 11.6. The van der Waals surface area contributed by atoms with Gasteiger partial charge in [0, 0.05) is 30.2 Å². The highest BCUT2D eigenvalue weighted by molar-refractivity contribution is 6.03. The minimum Gasteiger partial charge on any atom is -0.383 e. The molecule has 122 valence electrons. The maximum Gasteiger partial charge on any atom is 0.249 e. The first-order valence-corrected chi connectivity index (χ1v) is 7.72. The van der Waals surface area contributed by atoms with Crippen molar-refractivity contribution < 1.29 is 9.59 Å². The molecule has 0 aliphatic carbocycles. The Hall–Kier alpha value is -3.09. The van der Waals surface area contributed by atoms with Crippen molar-refractivity contribution in [2.45, 2.75) is 17.9 Å². The van der Waals surface area contributed by atoms with Crippen LogP contribution in [-0.4, -0.2) is 29.4 Å². The highest BCUT2D eigenvalue weighted by Crippen LogP contribution is 2.43. The molecule has 2 aromatic rings. The number of hydrogen-bond acceptors (Lipinski definition) is 4. The lowest BCUT2D eigenvalue weighted by molar-refractivity contribution is -0.125. The SMILES string of the molecule is O=C(Nc1cc[nH]c(=O)c1)C1CC2(CNc3ccccc32)C(=O)N1. The fourth-order valence-corrected chi connectivity index (χ4v) is 3.48. The van der Waals surface area contributed by atoms with Gasteiger partial charge < -0.3 is 20.9 Å². The summed E-state index contributed by atoms with van der Waals surface area (Å²) in [5.41, 5.74) is 1.25. The monoisotopic (exact) mass is 324 g/mol. The Morgan fingerprint density at radius 3 is 2.88 bits per heavy atom. The molecule has 2 unspecified atom stereocenters. The first kappa shape index (κ1) is 14.5. The average molecular weight is 324 g/mol. The summed E-state index contributed by atoms with van der Waals surface area (Å²) < 4.78 is 0. The van der Waals surface area contributed by atoms with Crippen LogP contribution in [0, 0.1) is 0 Å². The van der Waals surface area contributed by atoms with E-state index in [1.807, 2.05) is 24.3 Å². The van der Waals surface area contributed by atoms with Gasteiger partial charge in [0.1, 0.15) is 6.04 Å². The smallest absolute Gasteiger partial charge is 0.249 e. The maximum atomic E-state index is 12.6. The molecular weight excluding hydrogens is 308 g/mol. The van der Waals surface area contributed by atoms with Crippen molar-refractivity contribution in [1.82, 2.24) is 10.3 Å².